The molecule has 0 aromatic heterocycles. The quantitative estimate of drug-likeness (QED) is 0.283. The van der Waals surface area contributed by atoms with Gasteiger partial charge in [-0.15, -0.1) is 0 Å². The lowest BCUT2D eigenvalue weighted by Gasteiger charge is -2.40. The van der Waals surface area contributed by atoms with E-state index in [1.54, 1.807) is 26.0 Å². The monoisotopic (exact) mass is 560 g/mol. The van der Waals surface area contributed by atoms with Gasteiger partial charge in [-0.2, -0.15) is 0 Å². The maximum Gasteiger partial charge on any atom is 0.311 e. The topological polar surface area (TPSA) is 85.4 Å². The second kappa shape index (κ2) is 16.1. The number of likely N-dealkylation sites (tertiary alicyclic amines) is 1. The predicted octanol–water partition coefficient (Wildman–Crippen LogP) is 4.94. The van der Waals surface area contributed by atoms with Crippen LogP contribution in [0, 0.1) is 23.7 Å². The molecule has 0 spiro atoms. The van der Waals surface area contributed by atoms with Crippen LogP contribution in [0.5, 0.6) is 0 Å². The van der Waals surface area contributed by atoms with Crippen LogP contribution in [-0.2, 0) is 35.2 Å². The molecule has 0 saturated carbocycles. The van der Waals surface area contributed by atoms with Gasteiger partial charge in [0.05, 0.1) is 36.6 Å². The molecule has 8 nitrogen and oxygen atoms in total. The van der Waals surface area contributed by atoms with Gasteiger partial charge >= 0.3 is 5.97 Å². The van der Waals surface area contributed by atoms with E-state index >= 15 is 0 Å². The lowest BCUT2D eigenvalue weighted by Crippen LogP contribution is -2.53. The molecule has 0 bridgehead atoms. The molecular weight excluding hydrogens is 508 g/mol. The van der Waals surface area contributed by atoms with Crippen molar-refractivity contribution in [3.63, 3.8) is 0 Å². The second-order valence-electron chi connectivity index (χ2n) is 11.7. The number of benzene rings is 1. The fourth-order valence-corrected chi connectivity index (χ4v) is 5.76. The summed E-state index contributed by atoms with van der Waals surface area (Å²) in [7, 11) is 5.03. The summed E-state index contributed by atoms with van der Waals surface area (Å²) < 4.78 is 17.3. The summed E-state index contributed by atoms with van der Waals surface area (Å²) >= 11 is 0. The van der Waals surface area contributed by atoms with Gasteiger partial charge in [-0.05, 0) is 37.2 Å². The van der Waals surface area contributed by atoms with Crippen LogP contribution in [0.2, 0.25) is 0 Å². The third kappa shape index (κ3) is 8.53. The molecule has 0 radical (unpaired) electrons. The molecule has 1 aromatic rings. The first-order valence-electron chi connectivity index (χ1n) is 14.8. The minimum atomic E-state index is -0.542. The highest BCUT2D eigenvalue weighted by Gasteiger charge is 2.42. The summed E-state index contributed by atoms with van der Waals surface area (Å²) in [6, 6.07) is 9.08. The second-order valence-corrected chi connectivity index (χ2v) is 11.7. The third-order valence-electron chi connectivity index (χ3n) is 8.83. The standard InChI is InChI=1S/C32H52N2O6/c1-10-22(4)29(33(7)31(36)23(5)21(2)3)27(38-8)19-28(35)34-18-14-17-26(34)30(39-9)24(6)32(37)40-20-25-15-12-11-13-16-25/h11-13,15-16,21-24,26-27,29-30H,10,14,17-20H2,1-9H3/t22-,23-,24+,26-,27+,29?,30+/m0/s1. The normalized spacial score (nSPS) is 19.9. The van der Waals surface area contributed by atoms with Gasteiger partial charge in [0.1, 0.15) is 6.61 Å². The van der Waals surface area contributed by atoms with Crippen molar-refractivity contribution >= 4 is 17.8 Å². The smallest absolute Gasteiger partial charge is 0.311 e. The van der Waals surface area contributed by atoms with E-state index in [-0.39, 0.29) is 60.6 Å². The first-order chi connectivity index (χ1) is 19.0. The molecule has 1 fully saturated rings. The summed E-state index contributed by atoms with van der Waals surface area (Å²) in [5.74, 6) is -0.637. The van der Waals surface area contributed by atoms with Crippen LogP contribution in [0.3, 0.4) is 0 Å². The minimum Gasteiger partial charge on any atom is -0.461 e. The van der Waals surface area contributed by atoms with E-state index in [0.29, 0.717) is 6.54 Å². The van der Waals surface area contributed by atoms with Gasteiger partial charge in [-0.1, -0.05) is 71.4 Å². The van der Waals surface area contributed by atoms with Crippen molar-refractivity contribution in [1.82, 2.24) is 9.80 Å². The molecule has 226 valence electrons. The molecule has 1 unspecified atom stereocenters. The van der Waals surface area contributed by atoms with Gasteiger partial charge in [-0.25, -0.2) is 0 Å². The number of carbonyl (C=O) groups is 3. The fourth-order valence-electron chi connectivity index (χ4n) is 5.76. The summed E-state index contributed by atoms with van der Waals surface area (Å²) in [6.07, 6.45) is 1.64. The number of methoxy groups -OCH3 is 2. The Morgan fingerprint density at radius 2 is 1.65 bits per heavy atom. The molecule has 8 heteroatoms. The van der Waals surface area contributed by atoms with E-state index in [0.717, 1.165) is 24.8 Å². The van der Waals surface area contributed by atoms with Crippen molar-refractivity contribution in [1.29, 1.82) is 0 Å². The average molecular weight is 561 g/mol. The lowest BCUT2D eigenvalue weighted by molar-refractivity contribution is -0.158. The lowest BCUT2D eigenvalue weighted by atomic mass is 9.88. The zero-order chi connectivity index (χ0) is 30.0. The van der Waals surface area contributed by atoms with Crippen LogP contribution in [0.4, 0.5) is 0 Å². The van der Waals surface area contributed by atoms with Crippen LogP contribution in [-0.4, -0.2) is 79.7 Å². The highest BCUT2D eigenvalue weighted by atomic mass is 16.5. The maximum absolute atomic E-state index is 13.8. The van der Waals surface area contributed by atoms with E-state index in [2.05, 4.69) is 13.8 Å². The number of hydrogen-bond acceptors (Lipinski definition) is 6. The van der Waals surface area contributed by atoms with Gasteiger partial charge in [-0.3, -0.25) is 14.4 Å². The molecule has 40 heavy (non-hydrogen) atoms. The minimum absolute atomic E-state index is 0.0488. The van der Waals surface area contributed by atoms with Gasteiger partial charge in [0.15, 0.2) is 0 Å². The van der Waals surface area contributed by atoms with E-state index in [9.17, 15) is 14.4 Å². The highest BCUT2D eigenvalue weighted by Crippen LogP contribution is 2.30. The van der Waals surface area contributed by atoms with Gasteiger partial charge in [0.25, 0.3) is 0 Å². The first kappa shape index (κ1) is 33.8. The van der Waals surface area contributed by atoms with Gasteiger partial charge in [0, 0.05) is 33.7 Å². The Bertz CT molecular complexity index is 939. The average Bonchev–Trinajstić information content (AvgIpc) is 3.44. The van der Waals surface area contributed by atoms with Crippen molar-refractivity contribution in [2.24, 2.45) is 23.7 Å². The zero-order valence-corrected chi connectivity index (χ0v) is 26.1. The summed E-state index contributed by atoms with van der Waals surface area (Å²) in [6.45, 7) is 12.8. The molecular formula is C32H52N2O6. The van der Waals surface area contributed by atoms with Crippen molar-refractivity contribution in [3.05, 3.63) is 35.9 Å². The summed E-state index contributed by atoms with van der Waals surface area (Å²) in [4.78, 5) is 43.6. The summed E-state index contributed by atoms with van der Waals surface area (Å²) in [5.41, 5.74) is 0.919. The number of ether oxygens (including phenoxy) is 3. The Hall–Kier alpha value is -2.45. The molecule has 0 aliphatic carbocycles. The van der Waals surface area contributed by atoms with Crippen molar-refractivity contribution in [2.45, 2.75) is 98.1 Å². The van der Waals surface area contributed by atoms with Gasteiger partial charge < -0.3 is 24.0 Å². The number of likely N-dealkylation sites (N-methyl/N-ethyl adjacent to an activating group) is 1. The maximum atomic E-state index is 13.8. The molecule has 2 amide bonds. The van der Waals surface area contributed by atoms with E-state index < -0.39 is 18.1 Å². The van der Waals surface area contributed by atoms with Crippen LogP contribution in [0.25, 0.3) is 0 Å². The number of amides is 2. The van der Waals surface area contributed by atoms with Crippen LogP contribution in [0.15, 0.2) is 30.3 Å². The van der Waals surface area contributed by atoms with Crippen LogP contribution >= 0.6 is 0 Å². The third-order valence-corrected chi connectivity index (χ3v) is 8.83. The Labute approximate surface area is 241 Å². The molecule has 1 saturated heterocycles. The molecule has 2 rings (SSSR count). The molecule has 1 aromatic carbocycles. The van der Waals surface area contributed by atoms with Crippen molar-refractivity contribution in [3.8, 4) is 0 Å². The largest absolute Gasteiger partial charge is 0.461 e. The number of carbonyl (C=O) groups excluding carboxylic acids is 3. The number of rotatable bonds is 15. The molecule has 0 N–H and O–H groups in total. The Kier molecular flexibility index (Phi) is 13.6. The Morgan fingerprint density at radius 1 is 1.00 bits per heavy atom. The first-order valence-corrected chi connectivity index (χ1v) is 14.8. The Balaban J connectivity index is 2.16. The predicted molar refractivity (Wildman–Crippen MR) is 156 cm³/mol. The zero-order valence-electron chi connectivity index (χ0n) is 26.1. The molecule has 1 aliphatic heterocycles. The van der Waals surface area contributed by atoms with E-state index in [1.807, 2.05) is 63.1 Å². The molecule has 7 atom stereocenters. The Morgan fingerprint density at radius 3 is 2.20 bits per heavy atom. The van der Waals surface area contributed by atoms with Crippen molar-refractivity contribution < 1.29 is 28.6 Å². The van der Waals surface area contributed by atoms with Crippen LogP contribution in [0.1, 0.15) is 72.8 Å². The molecule has 1 aliphatic rings. The van der Waals surface area contributed by atoms with E-state index in [4.69, 9.17) is 14.2 Å². The van der Waals surface area contributed by atoms with E-state index in [1.165, 1.54) is 0 Å². The summed E-state index contributed by atoms with van der Waals surface area (Å²) in [5, 5.41) is 0. The number of nitrogens with zero attached hydrogens (tertiary/aromatic N) is 2. The molecule has 1 heterocycles. The van der Waals surface area contributed by atoms with Crippen molar-refractivity contribution in [2.75, 3.05) is 27.8 Å². The highest BCUT2D eigenvalue weighted by molar-refractivity contribution is 5.80. The number of esters is 1. The van der Waals surface area contributed by atoms with Crippen LogP contribution < -0.4 is 0 Å². The fraction of sp³-hybridized carbons (Fsp3) is 0.719. The van der Waals surface area contributed by atoms with Gasteiger partial charge in [0.2, 0.25) is 11.8 Å². The SMILES string of the molecule is CC[C@H](C)C([C@@H](CC(=O)N1CCC[C@H]1[C@H](OC)[C@@H](C)C(=O)OCc1ccccc1)OC)N(C)C(=O)[C@@H](C)C(C)C. The number of hydrogen-bond donors (Lipinski definition) is 0.